The molecule has 2 aromatic rings. The van der Waals surface area contributed by atoms with Gasteiger partial charge in [0.1, 0.15) is 0 Å². The molecule has 0 aliphatic carbocycles. The van der Waals surface area contributed by atoms with E-state index >= 15 is 0 Å². The number of carbonyl (C=O) groups is 3. The van der Waals surface area contributed by atoms with Crippen LogP contribution in [0.1, 0.15) is 29.8 Å². The zero-order valence-corrected chi connectivity index (χ0v) is 15.2. The first-order valence-corrected chi connectivity index (χ1v) is 8.32. The lowest BCUT2D eigenvalue weighted by Gasteiger charge is -2.12. The lowest BCUT2D eigenvalue weighted by Crippen LogP contribution is -2.29. The van der Waals surface area contributed by atoms with Crippen molar-refractivity contribution in [3.8, 4) is 0 Å². The third-order valence-corrected chi connectivity index (χ3v) is 3.75. The SMILES string of the molecule is CC(=O)c1ccc(NC(=O)[C@@H](C)OC(=O)/C=C/c2ccccc2[N+](=O)[O-])cc1. The maximum atomic E-state index is 12.1. The van der Waals surface area contributed by atoms with Crippen molar-refractivity contribution in [1.29, 1.82) is 0 Å². The number of ketones is 1. The molecule has 8 heteroatoms. The summed E-state index contributed by atoms with van der Waals surface area (Å²) in [5.41, 5.74) is 1.06. The van der Waals surface area contributed by atoms with Crippen LogP contribution in [0.4, 0.5) is 11.4 Å². The van der Waals surface area contributed by atoms with E-state index in [0.29, 0.717) is 11.3 Å². The summed E-state index contributed by atoms with van der Waals surface area (Å²) in [6, 6.07) is 12.2. The molecule has 8 nitrogen and oxygen atoms in total. The van der Waals surface area contributed by atoms with Gasteiger partial charge in [-0.25, -0.2) is 4.79 Å². The van der Waals surface area contributed by atoms with Crippen molar-refractivity contribution in [1.82, 2.24) is 0 Å². The highest BCUT2D eigenvalue weighted by molar-refractivity contribution is 5.98. The van der Waals surface area contributed by atoms with E-state index < -0.39 is 22.9 Å². The molecule has 1 atom stereocenters. The summed E-state index contributed by atoms with van der Waals surface area (Å²) in [5, 5.41) is 13.5. The fourth-order valence-corrected chi connectivity index (χ4v) is 2.25. The molecule has 2 aromatic carbocycles. The topological polar surface area (TPSA) is 116 Å². The van der Waals surface area contributed by atoms with Crippen LogP contribution in [0.5, 0.6) is 0 Å². The van der Waals surface area contributed by atoms with Crippen molar-refractivity contribution in [2.24, 2.45) is 0 Å². The Bertz CT molecular complexity index is 934. The summed E-state index contributed by atoms with van der Waals surface area (Å²) >= 11 is 0. The van der Waals surface area contributed by atoms with Crippen LogP contribution < -0.4 is 5.32 Å². The number of anilines is 1. The molecule has 1 N–H and O–H groups in total. The zero-order valence-electron chi connectivity index (χ0n) is 15.2. The van der Waals surface area contributed by atoms with E-state index in [1.54, 1.807) is 30.3 Å². The minimum atomic E-state index is -1.09. The van der Waals surface area contributed by atoms with Crippen molar-refractivity contribution in [2.75, 3.05) is 5.32 Å². The van der Waals surface area contributed by atoms with E-state index in [2.05, 4.69) is 5.32 Å². The van der Waals surface area contributed by atoms with E-state index in [9.17, 15) is 24.5 Å². The Morgan fingerprint density at radius 3 is 2.36 bits per heavy atom. The van der Waals surface area contributed by atoms with Gasteiger partial charge in [0.25, 0.3) is 11.6 Å². The van der Waals surface area contributed by atoms with Crippen LogP contribution in [0.15, 0.2) is 54.6 Å². The Labute approximate surface area is 161 Å². The molecule has 0 radical (unpaired) electrons. The Morgan fingerprint density at radius 1 is 1.11 bits per heavy atom. The first-order chi connectivity index (χ1) is 13.3. The van der Waals surface area contributed by atoms with Crippen LogP contribution in [-0.4, -0.2) is 28.7 Å². The van der Waals surface area contributed by atoms with Gasteiger partial charge in [-0.3, -0.25) is 19.7 Å². The number of nitrogens with zero attached hydrogens (tertiary/aromatic N) is 1. The number of Topliss-reactive ketones (excluding diaryl/α,β-unsaturated/α-hetero) is 1. The van der Waals surface area contributed by atoms with Gasteiger partial charge in [0.2, 0.25) is 0 Å². The molecule has 144 valence electrons. The number of para-hydroxylation sites is 1. The van der Waals surface area contributed by atoms with Crippen LogP contribution >= 0.6 is 0 Å². The number of nitrogens with one attached hydrogen (secondary N) is 1. The van der Waals surface area contributed by atoms with Crippen molar-refractivity contribution >= 4 is 35.1 Å². The average Bonchev–Trinajstić information content (AvgIpc) is 2.66. The van der Waals surface area contributed by atoms with Gasteiger partial charge in [0, 0.05) is 23.4 Å². The molecular formula is C20H18N2O6. The minimum absolute atomic E-state index is 0.0920. The van der Waals surface area contributed by atoms with Crippen molar-refractivity contribution in [3.63, 3.8) is 0 Å². The molecule has 0 fully saturated rings. The third-order valence-electron chi connectivity index (χ3n) is 3.75. The summed E-state index contributed by atoms with van der Waals surface area (Å²) < 4.78 is 5.01. The molecule has 0 aliphatic rings. The molecule has 0 saturated heterocycles. The first kappa shape index (κ1) is 20.5. The lowest BCUT2D eigenvalue weighted by molar-refractivity contribution is -0.385. The molecule has 0 spiro atoms. The highest BCUT2D eigenvalue weighted by Crippen LogP contribution is 2.19. The van der Waals surface area contributed by atoms with Gasteiger partial charge >= 0.3 is 5.97 Å². The van der Waals surface area contributed by atoms with Crippen molar-refractivity contribution in [3.05, 3.63) is 75.8 Å². The van der Waals surface area contributed by atoms with Gasteiger partial charge in [-0.05, 0) is 50.3 Å². The molecular weight excluding hydrogens is 364 g/mol. The van der Waals surface area contributed by atoms with Crippen LogP contribution in [0.25, 0.3) is 6.08 Å². The molecule has 1 amide bonds. The molecule has 0 heterocycles. The normalized spacial score (nSPS) is 11.6. The summed E-state index contributed by atoms with van der Waals surface area (Å²) in [6.07, 6.45) is 1.19. The number of ether oxygens (including phenoxy) is 1. The predicted molar refractivity (Wildman–Crippen MR) is 103 cm³/mol. The number of amides is 1. The van der Waals surface area contributed by atoms with E-state index in [1.807, 2.05) is 0 Å². The number of hydrogen-bond donors (Lipinski definition) is 1. The number of esters is 1. The van der Waals surface area contributed by atoms with Gasteiger partial charge in [-0.15, -0.1) is 0 Å². The minimum Gasteiger partial charge on any atom is -0.449 e. The van der Waals surface area contributed by atoms with Crippen LogP contribution in [0.3, 0.4) is 0 Å². The molecule has 2 rings (SSSR count). The van der Waals surface area contributed by atoms with Crippen molar-refractivity contribution < 1.29 is 24.0 Å². The van der Waals surface area contributed by atoms with E-state index in [-0.39, 0.29) is 17.0 Å². The third kappa shape index (κ3) is 5.60. The van der Waals surface area contributed by atoms with Crippen molar-refractivity contribution in [2.45, 2.75) is 20.0 Å². The molecule has 0 aromatic heterocycles. The fraction of sp³-hybridized carbons (Fsp3) is 0.150. The standard InChI is InChI=1S/C20H18N2O6/c1-13(23)15-7-10-17(11-8-15)21-20(25)14(2)28-19(24)12-9-16-5-3-4-6-18(16)22(26)27/h3-12,14H,1-2H3,(H,21,25)/b12-9+/t14-/m1/s1. The van der Waals surface area contributed by atoms with Gasteiger partial charge < -0.3 is 10.1 Å². The summed E-state index contributed by atoms with van der Waals surface area (Å²) in [6.45, 7) is 2.84. The van der Waals surface area contributed by atoms with Gasteiger partial charge in [0.15, 0.2) is 11.9 Å². The smallest absolute Gasteiger partial charge is 0.331 e. The fourth-order valence-electron chi connectivity index (χ4n) is 2.25. The number of carbonyl (C=O) groups excluding carboxylic acids is 3. The molecule has 0 aliphatic heterocycles. The quantitative estimate of drug-likeness (QED) is 0.258. The van der Waals surface area contributed by atoms with E-state index in [4.69, 9.17) is 4.74 Å². The summed E-state index contributed by atoms with van der Waals surface area (Å²) in [5.74, 6) is -1.46. The lowest BCUT2D eigenvalue weighted by atomic mass is 10.1. The van der Waals surface area contributed by atoms with E-state index in [0.717, 1.165) is 6.08 Å². The molecule has 0 unspecified atom stereocenters. The summed E-state index contributed by atoms with van der Waals surface area (Å²) in [4.78, 5) is 45.6. The Kier molecular flexibility index (Phi) is 6.75. The highest BCUT2D eigenvalue weighted by Gasteiger charge is 2.17. The number of rotatable bonds is 7. The second-order valence-corrected chi connectivity index (χ2v) is 5.85. The first-order valence-electron chi connectivity index (χ1n) is 8.32. The van der Waals surface area contributed by atoms with Gasteiger partial charge in [0.05, 0.1) is 10.5 Å². The van der Waals surface area contributed by atoms with Crippen LogP contribution in [0.2, 0.25) is 0 Å². The molecule has 28 heavy (non-hydrogen) atoms. The molecule has 0 bridgehead atoms. The zero-order chi connectivity index (χ0) is 20.7. The number of nitro groups is 1. The largest absolute Gasteiger partial charge is 0.449 e. The Hall–Kier alpha value is -3.81. The van der Waals surface area contributed by atoms with Crippen LogP contribution in [-0.2, 0) is 14.3 Å². The highest BCUT2D eigenvalue weighted by atomic mass is 16.6. The summed E-state index contributed by atoms with van der Waals surface area (Å²) in [7, 11) is 0. The Balaban J connectivity index is 1.95. The van der Waals surface area contributed by atoms with Gasteiger partial charge in [-0.2, -0.15) is 0 Å². The predicted octanol–water partition coefficient (Wildman–Crippen LogP) is 3.38. The second-order valence-electron chi connectivity index (χ2n) is 5.85. The number of hydrogen-bond acceptors (Lipinski definition) is 6. The van der Waals surface area contributed by atoms with Gasteiger partial charge in [-0.1, -0.05) is 12.1 Å². The van der Waals surface area contributed by atoms with E-state index in [1.165, 1.54) is 38.1 Å². The monoisotopic (exact) mass is 382 g/mol. The Morgan fingerprint density at radius 2 is 1.75 bits per heavy atom. The maximum Gasteiger partial charge on any atom is 0.331 e. The number of benzene rings is 2. The van der Waals surface area contributed by atoms with Crippen LogP contribution in [0, 0.1) is 10.1 Å². The average molecular weight is 382 g/mol. The maximum absolute atomic E-state index is 12.1. The molecule has 0 saturated carbocycles. The number of nitro benzene ring substituents is 1. The second kappa shape index (κ2) is 9.22.